The Balaban J connectivity index is 2.49. The first-order valence-electron chi connectivity index (χ1n) is 5.38. The first-order valence-corrected chi connectivity index (χ1v) is 5.38. The molecule has 16 heavy (non-hydrogen) atoms. The first kappa shape index (κ1) is 12.9. The van der Waals surface area contributed by atoms with E-state index in [-0.39, 0.29) is 0 Å². The summed E-state index contributed by atoms with van der Waals surface area (Å²) in [6.45, 7) is 5.44. The van der Waals surface area contributed by atoms with E-state index in [1.54, 1.807) is 0 Å². The predicted octanol–water partition coefficient (Wildman–Crippen LogP) is 2.81. The Morgan fingerprint density at radius 2 is 1.81 bits per heavy atom. The number of phenols is 1. The van der Waals surface area contributed by atoms with Crippen molar-refractivity contribution in [1.82, 2.24) is 5.32 Å². The third kappa shape index (κ3) is 3.77. The molecular formula is C12H17F2NO. The Labute approximate surface area is 94.3 Å². The second kappa shape index (κ2) is 5.80. The number of benzene rings is 1. The summed E-state index contributed by atoms with van der Waals surface area (Å²) in [5, 5.41) is 12.0. The summed E-state index contributed by atoms with van der Waals surface area (Å²) in [5.74, 6) is -2.15. The van der Waals surface area contributed by atoms with Crippen LogP contribution in [0.2, 0.25) is 0 Å². The minimum atomic E-state index is -0.916. The van der Waals surface area contributed by atoms with Gasteiger partial charge in [0.2, 0.25) is 0 Å². The second-order valence-corrected chi connectivity index (χ2v) is 4.27. The van der Waals surface area contributed by atoms with Crippen molar-refractivity contribution in [3.05, 3.63) is 29.3 Å². The van der Waals surface area contributed by atoms with Gasteiger partial charge in [-0.3, -0.25) is 0 Å². The number of aromatic hydroxyl groups is 1. The van der Waals surface area contributed by atoms with Crippen LogP contribution in [0, 0.1) is 17.6 Å². The summed E-state index contributed by atoms with van der Waals surface area (Å²) in [5.41, 5.74) is 0.497. The molecule has 0 aliphatic carbocycles. The second-order valence-electron chi connectivity index (χ2n) is 4.27. The fourth-order valence-corrected chi connectivity index (χ4v) is 1.34. The summed E-state index contributed by atoms with van der Waals surface area (Å²) in [6.07, 6.45) is 1.02. The maximum absolute atomic E-state index is 13.0. The van der Waals surface area contributed by atoms with Gasteiger partial charge in [-0.1, -0.05) is 13.8 Å². The van der Waals surface area contributed by atoms with E-state index in [0.717, 1.165) is 25.1 Å². The lowest BCUT2D eigenvalue weighted by Gasteiger charge is -2.08. The Bertz CT molecular complexity index is 330. The molecule has 2 nitrogen and oxygen atoms in total. The first-order chi connectivity index (χ1) is 7.50. The van der Waals surface area contributed by atoms with Crippen molar-refractivity contribution < 1.29 is 13.9 Å². The highest BCUT2D eigenvalue weighted by molar-refractivity contribution is 5.29. The molecule has 0 spiro atoms. The lowest BCUT2D eigenvalue weighted by molar-refractivity contribution is 0.395. The molecule has 0 fully saturated rings. The van der Waals surface area contributed by atoms with Gasteiger partial charge in [0.1, 0.15) is 0 Å². The van der Waals surface area contributed by atoms with Crippen molar-refractivity contribution in [2.75, 3.05) is 6.54 Å². The zero-order valence-corrected chi connectivity index (χ0v) is 9.56. The fourth-order valence-electron chi connectivity index (χ4n) is 1.34. The van der Waals surface area contributed by atoms with Gasteiger partial charge in [-0.25, -0.2) is 8.78 Å². The monoisotopic (exact) mass is 229 g/mol. The zero-order valence-electron chi connectivity index (χ0n) is 9.56. The molecular weight excluding hydrogens is 212 g/mol. The van der Waals surface area contributed by atoms with Crippen LogP contribution >= 0.6 is 0 Å². The van der Waals surface area contributed by atoms with E-state index in [2.05, 4.69) is 19.2 Å². The molecule has 90 valence electrons. The molecule has 1 rings (SSSR count). The number of nitrogens with one attached hydrogen (secondary N) is 1. The quantitative estimate of drug-likeness (QED) is 0.761. The van der Waals surface area contributed by atoms with Gasteiger partial charge < -0.3 is 10.4 Å². The fraction of sp³-hybridized carbons (Fsp3) is 0.500. The Morgan fingerprint density at radius 3 is 2.31 bits per heavy atom. The molecule has 0 saturated carbocycles. The zero-order chi connectivity index (χ0) is 12.1. The Hall–Kier alpha value is -1.16. The average Bonchev–Trinajstić information content (AvgIpc) is 2.20. The van der Waals surface area contributed by atoms with Crippen LogP contribution < -0.4 is 5.32 Å². The molecule has 0 radical (unpaired) electrons. The van der Waals surface area contributed by atoms with E-state index in [0.29, 0.717) is 18.0 Å². The highest BCUT2D eigenvalue weighted by Crippen LogP contribution is 2.21. The topological polar surface area (TPSA) is 32.3 Å². The molecule has 0 aliphatic heterocycles. The van der Waals surface area contributed by atoms with E-state index >= 15 is 0 Å². The van der Waals surface area contributed by atoms with E-state index in [1.807, 2.05) is 0 Å². The highest BCUT2D eigenvalue weighted by Gasteiger charge is 2.08. The molecule has 1 aromatic rings. The van der Waals surface area contributed by atoms with Crippen LogP contribution in [0.15, 0.2) is 12.1 Å². The van der Waals surface area contributed by atoms with Crippen LogP contribution in [0.1, 0.15) is 25.8 Å². The van der Waals surface area contributed by atoms with Crippen molar-refractivity contribution in [3.8, 4) is 5.75 Å². The summed E-state index contributed by atoms with van der Waals surface area (Å²) < 4.78 is 25.9. The van der Waals surface area contributed by atoms with E-state index in [9.17, 15) is 8.78 Å². The summed E-state index contributed by atoms with van der Waals surface area (Å²) in [7, 11) is 0. The standard InChI is InChI=1S/C12H17F2NO/c1-8(2)3-4-15-7-9-5-10(13)12(16)11(14)6-9/h5-6,8,15-16H,3-4,7H2,1-2H3. The molecule has 4 heteroatoms. The molecule has 0 unspecified atom stereocenters. The third-order valence-corrected chi connectivity index (χ3v) is 2.30. The molecule has 0 atom stereocenters. The Kier molecular flexibility index (Phi) is 4.68. The third-order valence-electron chi connectivity index (χ3n) is 2.30. The largest absolute Gasteiger partial charge is 0.503 e. The van der Waals surface area contributed by atoms with Gasteiger partial charge in [-0.15, -0.1) is 0 Å². The van der Waals surface area contributed by atoms with Gasteiger partial charge in [0.15, 0.2) is 17.4 Å². The summed E-state index contributed by atoms with van der Waals surface area (Å²) >= 11 is 0. The summed E-state index contributed by atoms with van der Waals surface area (Å²) in [4.78, 5) is 0. The van der Waals surface area contributed by atoms with Gasteiger partial charge in [0.05, 0.1) is 0 Å². The molecule has 0 aliphatic rings. The number of hydrogen-bond acceptors (Lipinski definition) is 2. The SMILES string of the molecule is CC(C)CCNCc1cc(F)c(O)c(F)c1. The highest BCUT2D eigenvalue weighted by atomic mass is 19.1. The van der Waals surface area contributed by atoms with Crippen LogP contribution in [0.5, 0.6) is 5.75 Å². The van der Waals surface area contributed by atoms with Crippen LogP contribution in [0.25, 0.3) is 0 Å². The summed E-state index contributed by atoms with van der Waals surface area (Å²) in [6, 6.07) is 2.28. The molecule has 0 bridgehead atoms. The average molecular weight is 229 g/mol. The number of rotatable bonds is 5. The lowest BCUT2D eigenvalue weighted by atomic mass is 10.1. The molecule has 0 heterocycles. The van der Waals surface area contributed by atoms with Crippen molar-refractivity contribution in [1.29, 1.82) is 0 Å². The van der Waals surface area contributed by atoms with Gasteiger partial charge in [-0.05, 0) is 36.6 Å². The number of halogens is 2. The smallest absolute Gasteiger partial charge is 0.187 e. The van der Waals surface area contributed by atoms with E-state index in [4.69, 9.17) is 5.11 Å². The van der Waals surface area contributed by atoms with Crippen molar-refractivity contribution in [3.63, 3.8) is 0 Å². The lowest BCUT2D eigenvalue weighted by Crippen LogP contribution is -2.16. The van der Waals surface area contributed by atoms with Crippen molar-refractivity contribution in [2.24, 2.45) is 5.92 Å². The predicted molar refractivity (Wildman–Crippen MR) is 59.2 cm³/mol. The number of phenolic OH excluding ortho intramolecular Hbond substituents is 1. The van der Waals surface area contributed by atoms with E-state index < -0.39 is 17.4 Å². The van der Waals surface area contributed by atoms with Gasteiger partial charge >= 0.3 is 0 Å². The van der Waals surface area contributed by atoms with E-state index in [1.165, 1.54) is 0 Å². The van der Waals surface area contributed by atoms with Crippen LogP contribution in [-0.4, -0.2) is 11.7 Å². The van der Waals surface area contributed by atoms with Crippen molar-refractivity contribution in [2.45, 2.75) is 26.8 Å². The van der Waals surface area contributed by atoms with Gasteiger partial charge in [0.25, 0.3) is 0 Å². The van der Waals surface area contributed by atoms with Crippen molar-refractivity contribution >= 4 is 0 Å². The maximum atomic E-state index is 13.0. The molecule has 1 aromatic carbocycles. The molecule has 2 N–H and O–H groups in total. The normalized spacial score (nSPS) is 11.1. The van der Waals surface area contributed by atoms with Crippen LogP contribution in [0.3, 0.4) is 0 Å². The molecule has 0 aromatic heterocycles. The molecule has 0 amide bonds. The minimum absolute atomic E-state index is 0.404. The number of hydrogen-bond donors (Lipinski definition) is 2. The van der Waals surface area contributed by atoms with Gasteiger partial charge in [-0.2, -0.15) is 0 Å². The van der Waals surface area contributed by atoms with Gasteiger partial charge in [0, 0.05) is 6.54 Å². The Morgan fingerprint density at radius 1 is 1.25 bits per heavy atom. The minimum Gasteiger partial charge on any atom is -0.503 e. The molecule has 0 saturated heterocycles. The maximum Gasteiger partial charge on any atom is 0.187 e. The van der Waals surface area contributed by atoms with Crippen LogP contribution in [-0.2, 0) is 6.54 Å². The van der Waals surface area contributed by atoms with Crippen LogP contribution in [0.4, 0.5) is 8.78 Å².